The van der Waals surface area contributed by atoms with Gasteiger partial charge in [-0.25, -0.2) is 0 Å². The lowest BCUT2D eigenvalue weighted by atomic mass is 9.83. The molecule has 0 unspecified atom stereocenters. The smallest absolute Gasteiger partial charge is 0.230 e. The molecule has 0 radical (unpaired) electrons. The Hall–Kier alpha value is -1.39. The molecule has 1 amide bonds. The lowest BCUT2D eigenvalue weighted by molar-refractivity contribution is -0.127. The van der Waals surface area contributed by atoms with Gasteiger partial charge in [0.1, 0.15) is 0 Å². The van der Waals surface area contributed by atoms with Gasteiger partial charge in [-0.15, -0.1) is 0 Å². The molecular weight excluding hydrogens is 218 g/mol. The van der Waals surface area contributed by atoms with Crippen LogP contribution in [0.1, 0.15) is 19.4 Å². The number of aliphatic hydroxyl groups excluding tert-OH is 2. The van der Waals surface area contributed by atoms with E-state index in [0.29, 0.717) is 0 Å². The molecule has 1 aromatic rings. The molecule has 0 fully saturated rings. The highest BCUT2D eigenvalue weighted by atomic mass is 16.3. The summed E-state index contributed by atoms with van der Waals surface area (Å²) in [4.78, 5) is 12.1. The number of nitrogens with one attached hydrogen (secondary N) is 1. The van der Waals surface area contributed by atoms with Crippen LogP contribution >= 0.6 is 0 Å². The van der Waals surface area contributed by atoms with E-state index in [9.17, 15) is 4.79 Å². The van der Waals surface area contributed by atoms with E-state index in [1.54, 1.807) is 0 Å². The second-order valence-corrected chi connectivity index (χ2v) is 4.53. The van der Waals surface area contributed by atoms with Crippen LogP contribution < -0.4 is 5.32 Å². The Morgan fingerprint density at radius 2 is 1.76 bits per heavy atom. The van der Waals surface area contributed by atoms with Crippen molar-refractivity contribution in [3.63, 3.8) is 0 Å². The first-order valence-electron chi connectivity index (χ1n) is 5.60. The largest absolute Gasteiger partial charge is 0.394 e. The minimum Gasteiger partial charge on any atom is -0.394 e. The van der Waals surface area contributed by atoms with Gasteiger partial charge in [-0.2, -0.15) is 0 Å². The van der Waals surface area contributed by atoms with Crippen LogP contribution in [0.5, 0.6) is 0 Å². The molecule has 0 spiro atoms. The van der Waals surface area contributed by atoms with Gasteiger partial charge in [-0.3, -0.25) is 4.79 Å². The van der Waals surface area contributed by atoms with Crippen molar-refractivity contribution < 1.29 is 15.0 Å². The number of amides is 1. The summed E-state index contributed by atoms with van der Waals surface area (Å²) < 4.78 is 0. The fraction of sp³-hybridized carbons (Fsp3) is 0.462. The fourth-order valence-corrected chi connectivity index (χ4v) is 1.50. The van der Waals surface area contributed by atoms with Gasteiger partial charge >= 0.3 is 0 Å². The number of carbonyl (C=O) groups excluding carboxylic acids is 1. The third kappa shape index (κ3) is 3.28. The van der Waals surface area contributed by atoms with Crippen molar-refractivity contribution in [2.24, 2.45) is 0 Å². The SMILES string of the molecule is CC(C)(C(=O)NC(CO)CO)c1ccccc1. The highest BCUT2D eigenvalue weighted by Gasteiger charge is 2.30. The highest BCUT2D eigenvalue weighted by molar-refractivity contribution is 5.87. The van der Waals surface area contributed by atoms with Crippen molar-refractivity contribution in [3.8, 4) is 0 Å². The quantitative estimate of drug-likeness (QED) is 0.695. The predicted octanol–water partition coefficient (Wildman–Crippen LogP) is 0.434. The first kappa shape index (κ1) is 13.7. The summed E-state index contributed by atoms with van der Waals surface area (Å²) in [5.74, 6) is -0.211. The Bertz CT molecular complexity index is 358. The van der Waals surface area contributed by atoms with Gasteiger partial charge in [0.2, 0.25) is 5.91 Å². The molecule has 1 aromatic carbocycles. The highest BCUT2D eigenvalue weighted by Crippen LogP contribution is 2.22. The van der Waals surface area contributed by atoms with Crippen LogP contribution in [0.4, 0.5) is 0 Å². The molecule has 17 heavy (non-hydrogen) atoms. The summed E-state index contributed by atoms with van der Waals surface area (Å²) in [5.41, 5.74) is 0.205. The van der Waals surface area contributed by atoms with Crippen molar-refractivity contribution in [1.82, 2.24) is 5.32 Å². The Balaban J connectivity index is 2.80. The van der Waals surface area contributed by atoms with Gasteiger partial charge in [-0.1, -0.05) is 30.3 Å². The third-order valence-electron chi connectivity index (χ3n) is 2.84. The van der Waals surface area contributed by atoms with E-state index in [1.807, 2.05) is 44.2 Å². The fourth-order valence-electron chi connectivity index (χ4n) is 1.50. The van der Waals surface area contributed by atoms with E-state index >= 15 is 0 Å². The molecule has 0 heterocycles. The second kappa shape index (κ2) is 5.80. The number of carbonyl (C=O) groups is 1. The predicted molar refractivity (Wildman–Crippen MR) is 65.6 cm³/mol. The van der Waals surface area contributed by atoms with Crippen LogP contribution in [0.15, 0.2) is 30.3 Å². The minimum atomic E-state index is -0.691. The Morgan fingerprint density at radius 3 is 2.24 bits per heavy atom. The van der Waals surface area contributed by atoms with E-state index in [1.165, 1.54) is 0 Å². The Kier molecular flexibility index (Phi) is 4.66. The third-order valence-corrected chi connectivity index (χ3v) is 2.84. The lowest BCUT2D eigenvalue weighted by Gasteiger charge is -2.26. The van der Waals surface area contributed by atoms with Crippen LogP contribution in [-0.2, 0) is 10.2 Å². The van der Waals surface area contributed by atoms with E-state index < -0.39 is 11.5 Å². The summed E-state index contributed by atoms with van der Waals surface area (Å²) >= 11 is 0. The van der Waals surface area contributed by atoms with Gasteiger partial charge in [0.15, 0.2) is 0 Å². The van der Waals surface area contributed by atoms with Crippen molar-refractivity contribution in [2.45, 2.75) is 25.3 Å². The summed E-state index contributed by atoms with van der Waals surface area (Å²) in [5, 5.41) is 20.5. The zero-order chi connectivity index (χ0) is 12.9. The van der Waals surface area contributed by atoms with Gasteiger partial charge in [-0.05, 0) is 19.4 Å². The molecule has 3 N–H and O–H groups in total. The summed E-state index contributed by atoms with van der Waals surface area (Å²) in [6.45, 7) is 3.08. The topological polar surface area (TPSA) is 69.6 Å². The van der Waals surface area contributed by atoms with Crippen molar-refractivity contribution in [3.05, 3.63) is 35.9 Å². The molecule has 0 aliphatic rings. The average molecular weight is 237 g/mol. The monoisotopic (exact) mass is 237 g/mol. The van der Waals surface area contributed by atoms with E-state index in [0.717, 1.165) is 5.56 Å². The maximum atomic E-state index is 12.1. The summed E-state index contributed by atoms with van der Waals surface area (Å²) in [6.07, 6.45) is 0. The molecule has 0 bridgehead atoms. The molecule has 0 aromatic heterocycles. The van der Waals surface area contributed by atoms with E-state index in [-0.39, 0.29) is 19.1 Å². The Morgan fingerprint density at radius 1 is 1.24 bits per heavy atom. The van der Waals surface area contributed by atoms with Crippen LogP contribution in [-0.4, -0.2) is 35.4 Å². The molecule has 0 saturated heterocycles. The number of aliphatic hydroxyl groups is 2. The summed E-state index contributed by atoms with van der Waals surface area (Å²) in [7, 11) is 0. The first-order valence-corrected chi connectivity index (χ1v) is 5.60. The van der Waals surface area contributed by atoms with Crippen LogP contribution in [0.2, 0.25) is 0 Å². The number of benzene rings is 1. The Labute approximate surface area is 101 Å². The zero-order valence-corrected chi connectivity index (χ0v) is 10.2. The molecular formula is C13H19NO3. The number of hydrogen-bond donors (Lipinski definition) is 3. The molecule has 0 saturated carbocycles. The van der Waals surface area contributed by atoms with Crippen molar-refractivity contribution in [1.29, 1.82) is 0 Å². The minimum absolute atomic E-state index is 0.211. The lowest BCUT2D eigenvalue weighted by Crippen LogP contribution is -2.48. The molecule has 1 rings (SSSR count). The van der Waals surface area contributed by atoms with E-state index in [2.05, 4.69) is 5.32 Å². The zero-order valence-electron chi connectivity index (χ0n) is 10.2. The van der Waals surface area contributed by atoms with Crippen LogP contribution in [0.3, 0.4) is 0 Å². The van der Waals surface area contributed by atoms with E-state index in [4.69, 9.17) is 10.2 Å². The van der Waals surface area contributed by atoms with Gasteiger partial charge in [0.25, 0.3) is 0 Å². The normalized spacial score (nSPS) is 11.6. The van der Waals surface area contributed by atoms with Gasteiger partial charge < -0.3 is 15.5 Å². The van der Waals surface area contributed by atoms with Gasteiger partial charge in [0, 0.05) is 0 Å². The summed E-state index contributed by atoms with van der Waals surface area (Å²) in [6, 6.07) is 8.80. The van der Waals surface area contributed by atoms with Crippen molar-refractivity contribution in [2.75, 3.05) is 13.2 Å². The second-order valence-electron chi connectivity index (χ2n) is 4.53. The van der Waals surface area contributed by atoms with Crippen molar-refractivity contribution >= 4 is 5.91 Å². The first-order chi connectivity index (χ1) is 8.02. The molecule has 0 aliphatic heterocycles. The molecule has 0 aliphatic carbocycles. The molecule has 4 heteroatoms. The van der Waals surface area contributed by atoms with Crippen LogP contribution in [0.25, 0.3) is 0 Å². The molecule has 94 valence electrons. The number of rotatable bonds is 5. The maximum absolute atomic E-state index is 12.1. The standard InChI is InChI=1S/C13H19NO3/c1-13(2,10-6-4-3-5-7-10)12(17)14-11(8-15)9-16/h3-7,11,15-16H,8-9H2,1-2H3,(H,14,17). The number of hydrogen-bond acceptors (Lipinski definition) is 3. The van der Waals surface area contributed by atoms with Gasteiger partial charge in [0.05, 0.1) is 24.7 Å². The average Bonchev–Trinajstić information content (AvgIpc) is 2.36. The van der Waals surface area contributed by atoms with Crippen LogP contribution in [0, 0.1) is 0 Å². The molecule has 4 nitrogen and oxygen atoms in total. The maximum Gasteiger partial charge on any atom is 0.230 e. The molecule has 0 atom stereocenters.